The monoisotopic (exact) mass is 206 g/mol. The van der Waals surface area contributed by atoms with Gasteiger partial charge in [0.15, 0.2) is 5.15 Å². The number of rotatable bonds is 0. The van der Waals surface area contributed by atoms with Crippen molar-refractivity contribution >= 4 is 23.2 Å². The molecule has 0 bridgehead atoms. The zero-order chi connectivity index (χ0) is 9.52. The molecule has 0 radical (unpaired) electrons. The fourth-order valence-corrected chi connectivity index (χ4v) is 1.93. The normalized spacial score (nSPS) is 12.2. The van der Waals surface area contributed by atoms with Crippen LogP contribution in [0.3, 0.4) is 0 Å². The van der Waals surface area contributed by atoms with Gasteiger partial charge in [0.05, 0.1) is 5.69 Å². The van der Waals surface area contributed by atoms with Gasteiger partial charge in [-0.2, -0.15) is 5.10 Å². The van der Waals surface area contributed by atoms with Gasteiger partial charge in [0.25, 0.3) is 0 Å². The largest absolute Gasteiger partial charge is 0.269 e. The summed E-state index contributed by atoms with van der Waals surface area (Å²) >= 11 is 11.8. The lowest BCUT2D eigenvalue weighted by molar-refractivity contribution is 0.523. The molecular weight excluding hydrogens is 195 g/mol. The van der Waals surface area contributed by atoms with Crippen LogP contribution in [0.15, 0.2) is 0 Å². The highest BCUT2D eigenvalue weighted by Gasteiger charge is 2.24. The van der Waals surface area contributed by atoms with Gasteiger partial charge in [0.1, 0.15) is 5.02 Å². The summed E-state index contributed by atoms with van der Waals surface area (Å²) < 4.78 is 1.73. The van der Waals surface area contributed by atoms with Gasteiger partial charge in [-0.1, -0.05) is 44.0 Å². The molecule has 0 atom stereocenters. The maximum atomic E-state index is 5.98. The molecule has 12 heavy (non-hydrogen) atoms. The molecule has 1 rings (SSSR count). The van der Waals surface area contributed by atoms with Gasteiger partial charge >= 0.3 is 0 Å². The smallest absolute Gasteiger partial charge is 0.169 e. The van der Waals surface area contributed by atoms with Crippen LogP contribution < -0.4 is 0 Å². The molecule has 0 fully saturated rings. The number of hydrogen-bond donors (Lipinski definition) is 0. The third-order valence-electron chi connectivity index (χ3n) is 1.66. The van der Waals surface area contributed by atoms with E-state index >= 15 is 0 Å². The fraction of sp³-hybridized carbons (Fsp3) is 0.625. The van der Waals surface area contributed by atoms with E-state index in [4.69, 9.17) is 23.2 Å². The number of aromatic nitrogens is 2. The summed E-state index contributed by atoms with van der Waals surface area (Å²) in [5.41, 5.74) is 0.945. The summed E-state index contributed by atoms with van der Waals surface area (Å²) in [4.78, 5) is 0. The van der Waals surface area contributed by atoms with Crippen LogP contribution in [0.4, 0.5) is 0 Å². The third kappa shape index (κ3) is 1.59. The molecule has 0 N–H and O–H groups in total. The van der Waals surface area contributed by atoms with Crippen molar-refractivity contribution in [2.45, 2.75) is 26.2 Å². The van der Waals surface area contributed by atoms with Crippen molar-refractivity contribution < 1.29 is 0 Å². The summed E-state index contributed by atoms with van der Waals surface area (Å²) in [7, 11) is 1.85. The van der Waals surface area contributed by atoms with Crippen molar-refractivity contribution in [3.63, 3.8) is 0 Å². The Hall–Kier alpha value is -0.210. The van der Waals surface area contributed by atoms with Gasteiger partial charge in [0, 0.05) is 12.5 Å². The first-order valence-corrected chi connectivity index (χ1v) is 4.48. The average molecular weight is 207 g/mol. The maximum Gasteiger partial charge on any atom is 0.169 e. The van der Waals surface area contributed by atoms with Crippen LogP contribution in [-0.2, 0) is 12.5 Å². The quantitative estimate of drug-likeness (QED) is 0.639. The van der Waals surface area contributed by atoms with Crippen LogP contribution >= 0.6 is 23.2 Å². The Labute approximate surface area is 82.5 Å². The van der Waals surface area contributed by atoms with Gasteiger partial charge in [-0.15, -0.1) is 0 Å². The molecule has 0 aliphatic heterocycles. The first kappa shape index (κ1) is 9.87. The Bertz CT molecular complexity index is 297. The Kier molecular flexibility index (Phi) is 2.41. The Morgan fingerprint density at radius 3 is 1.92 bits per heavy atom. The lowest BCUT2D eigenvalue weighted by Gasteiger charge is -2.18. The van der Waals surface area contributed by atoms with Crippen molar-refractivity contribution in [2.75, 3.05) is 0 Å². The lowest BCUT2D eigenvalue weighted by Crippen LogP contribution is -2.16. The molecular formula is C8H12Cl2N2. The highest BCUT2D eigenvalue weighted by molar-refractivity contribution is 6.41. The first-order valence-electron chi connectivity index (χ1n) is 3.72. The van der Waals surface area contributed by atoms with Crippen molar-refractivity contribution in [3.8, 4) is 0 Å². The van der Waals surface area contributed by atoms with Crippen LogP contribution in [0.1, 0.15) is 26.5 Å². The van der Waals surface area contributed by atoms with Crippen LogP contribution in [0, 0.1) is 0 Å². The van der Waals surface area contributed by atoms with E-state index in [9.17, 15) is 0 Å². The lowest BCUT2D eigenvalue weighted by atomic mass is 9.92. The van der Waals surface area contributed by atoms with E-state index in [0.29, 0.717) is 10.2 Å². The topological polar surface area (TPSA) is 17.8 Å². The average Bonchev–Trinajstić information content (AvgIpc) is 2.05. The third-order valence-corrected chi connectivity index (χ3v) is 2.38. The minimum absolute atomic E-state index is 0.0219. The summed E-state index contributed by atoms with van der Waals surface area (Å²) in [6.45, 7) is 6.23. The van der Waals surface area contributed by atoms with Crippen molar-refractivity contribution in [1.82, 2.24) is 9.78 Å². The highest BCUT2D eigenvalue weighted by Crippen LogP contribution is 2.33. The zero-order valence-electron chi connectivity index (χ0n) is 7.65. The van der Waals surface area contributed by atoms with Crippen molar-refractivity contribution in [1.29, 1.82) is 0 Å². The van der Waals surface area contributed by atoms with E-state index in [1.54, 1.807) is 4.68 Å². The van der Waals surface area contributed by atoms with Gasteiger partial charge in [0.2, 0.25) is 0 Å². The highest BCUT2D eigenvalue weighted by atomic mass is 35.5. The summed E-state index contributed by atoms with van der Waals surface area (Å²) in [5, 5.41) is 4.97. The number of aryl methyl sites for hydroxylation is 1. The number of hydrogen-bond acceptors (Lipinski definition) is 1. The van der Waals surface area contributed by atoms with E-state index in [-0.39, 0.29) is 5.41 Å². The minimum Gasteiger partial charge on any atom is -0.269 e. The van der Waals surface area contributed by atoms with E-state index < -0.39 is 0 Å². The van der Waals surface area contributed by atoms with Crippen molar-refractivity contribution in [3.05, 3.63) is 15.9 Å². The molecule has 0 unspecified atom stereocenters. The van der Waals surface area contributed by atoms with E-state index in [1.165, 1.54) is 0 Å². The second-order valence-corrected chi connectivity index (χ2v) is 4.56. The molecule has 1 aromatic heterocycles. The SMILES string of the molecule is Cn1nc(Cl)c(Cl)c1C(C)(C)C. The molecule has 1 aromatic rings. The number of halogens is 2. The molecule has 2 nitrogen and oxygen atoms in total. The van der Waals surface area contributed by atoms with Crippen LogP contribution in [0.2, 0.25) is 10.2 Å². The molecule has 0 aliphatic carbocycles. The summed E-state index contributed by atoms with van der Waals surface area (Å²) in [5.74, 6) is 0. The van der Waals surface area contributed by atoms with Crippen LogP contribution in [-0.4, -0.2) is 9.78 Å². The summed E-state index contributed by atoms with van der Waals surface area (Å²) in [6.07, 6.45) is 0. The second-order valence-electron chi connectivity index (χ2n) is 3.83. The number of nitrogens with zero attached hydrogens (tertiary/aromatic N) is 2. The fourth-order valence-electron chi connectivity index (χ4n) is 1.28. The molecule has 4 heteroatoms. The van der Waals surface area contributed by atoms with Gasteiger partial charge in [-0.25, -0.2) is 0 Å². The van der Waals surface area contributed by atoms with E-state index in [1.807, 2.05) is 7.05 Å². The minimum atomic E-state index is -0.0219. The second kappa shape index (κ2) is 2.93. The maximum absolute atomic E-state index is 5.98. The molecule has 0 aromatic carbocycles. The van der Waals surface area contributed by atoms with E-state index in [2.05, 4.69) is 25.9 Å². The van der Waals surface area contributed by atoms with Crippen LogP contribution in [0.5, 0.6) is 0 Å². The Balaban J connectivity index is 3.32. The van der Waals surface area contributed by atoms with Gasteiger partial charge in [-0.3, -0.25) is 4.68 Å². The molecule has 0 spiro atoms. The molecule has 68 valence electrons. The van der Waals surface area contributed by atoms with Gasteiger partial charge in [-0.05, 0) is 0 Å². The van der Waals surface area contributed by atoms with E-state index in [0.717, 1.165) is 5.69 Å². The first-order chi connectivity index (χ1) is 5.34. The standard InChI is InChI=1S/C8H12Cl2N2/c1-8(2,3)6-5(9)7(10)11-12(6)4/h1-4H3. The molecule has 1 heterocycles. The molecule has 0 saturated heterocycles. The van der Waals surface area contributed by atoms with Crippen LogP contribution in [0.25, 0.3) is 0 Å². The van der Waals surface area contributed by atoms with Gasteiger partial charge < -0.3 is 0 Å². The molecule has 0 amide bonds. The Morgan fingerprint density at radius 1 is 1.25 bits per heavy atom. The predicted octanol–water partition coefficient (Wildman–Crippen LogP) is 3.02. The predicted molar refractivity (Wildman–Crippen MR) is 51.9 cm³/mol. The molecule has 0 saturated carbocycles. The Morgan fingerprint density at radius 2 is 1.75 bits per heavy atom. The van der Waals surface area contributed by atoms with Crippen molar-refractivity contribution in [2.24, 2.45) is 7.05 Å². The summed E-state index contributed by atoms with van der Waals surface area (Å²) in [6, 6.07) is 0. The molecule has 0 aliphatic rings. The zero-order valence-corrected chi connectivity index (χ0v) is 9.16.